The number of benzene rings is 2. The van der Waals surface area contributed by atoms with Crippen LogP contribution in [0.25, 0.3) is 0 Å². The fourth-order valence-corrected chi connectivity index (χ4v) is 1.75. The number of amides is 1. The van der Waals surface area contributed by atoms with Gasteiger partial charge in [0.25, 0.3) is 5.91 Å². The molecule has 0 aliphatic rings. The fraction of sp³-hybridized carbons (Fsp3) is 0.133. The quantitative estimate of drug-likeness (QED) is 0.736. The Morgan fingerprint density at radius 1 is 1.16 bits per heavy atom. The molecule has 0 heterocycles. The van der Waals surface area contributed by atoms with E-state index in [1.807, 2.05) is 37.3 Å². The summed E-state index contributed by atoms with van der Waals surface area (Å²) in [4.78, 5) is 11.8. The van der Waals surface area contributed by atoms with Crippen molar-refractivity contribution in [3.05, 3.63) is 54.1 Å². The summed E-state index contributed by atoms with van der Waals surface area (Å²) in [6.45, 7) is 2.49. The third-order valence-corrected chi connectivity index (χ3v) is 2.71. The first-order valence-corrected chi connectivity index (χ1v) is 6.20. The van der Waals surface area contributed by atoms with Crippen molar-refractivity contribution in [2.45, 2.75) is 6.92 Å². The Morgan fingerprint density at radius 3 is 2.58 bits per heavy atom. The molecule has 0 spiro atoms. The molecule has 4 heteroatoms. The zero-order valence-electron chi connectivity index (χ0n) is 10.8. The summed E-state index contributed by atoms with van der Waals surface area (Å²) in [5, 5.41) is 5.97. The molecule has 0 fully saturated rings. The second-order valence-electron chi connectivity index (χ2n) is 4.15. The lowest BCUT2D eigenvalue weighted by Crippen LogP contribution is -2.22. The molecule has 4 nitrogen and oxygen atoms in total. The van der Waals surface area contributed by atoms with Crippen LogP contribution in [0.2, 0.25) is 0 Å². The number of carbonyl (C=O) groups excluding carboxylic acids is 1. The summed E-state index contributed by atoms with van der Waals surface area (Å²) in [5.41, 5.74) is 8.78. The first-order valence-electron chi connectivity index (χ1n) is 6.20. The van der Waals surface area contributed by atoms with Gasteiger partial charge in [-0.15, -0.1) is 0 Å². The molecule has 19 heavy (non-hydrogen) atoms. The van der Waals surface area contributed by atoms with E-state index < -0.39 is 0 Å². The molecule has 2 rings (SSSR count). The van der Waals surface area contributed by atoms with Gasteiger partial charge >= 0.3 is 0 Å². The standard InChI is InChI=1S/C15H17N3O/c1-2-17-15(19)11-8-9-13(16)14(10-11)18-12-6-4-3-5-7-12/h3-10,18H,2,16H2,1H3,(H,17,19). The van der Waals surface area contributed by atoms with E-state index in [0.717, 1.165) is 11.4 Å². The number of nitrogen functional groups attached to an aromatic ring is 1. The first kappa shape index (κ1) is 13.0. The highest BCUT2D eigenvalue weighted by atomic mass is 16.1. The molecule has 0 saturated carbocycles. The van der Waals surface area contributed by atoms with Crippen LogP contribution in [0.1, 0.15) is 17.3 Å². The van der Waals surface area contributed by atoms with Crippen LogP contribution in [0, 0.1) is 0 Å². The number of carbonyl (C=O) groups is 1. The highest BCUT2D eigenvalue weighted by Crippen LogP contribution is 2.24. The van der Waals surface area contributed by atoms with Gasteiger partial charge < -0.3 is 16.4 Å². The van der Waals surface area contributed by atoms with Gasteiger partial charge in [-0.05, 0) is 37.3 Å². The van der Waals surface area contributed by atoms with Gasteiger partial charge in [-0.25, -0.2) is 0 Å². The van der Waals surface area contributed by atoms with Gasteiger partial charge in [0.15, 0.2) is 0 Å². The number of hydrogen-bond acceptors (Lipinski definition) is 3. The Morgan fingerprint density at radius 2 is 1.89 bits per heavy atom. The van der Waals surface area contributed by atoms with E-state index in [0.29, 0.717) is 17.8 Å². The Balaban J connectivity index is 2.25. The van der Waals surface area contributed by atoms with E-state index in [1.165, 1.54) is 0 Å². The van der Waals surface area contributed by atoms with Crippen LogP contribution in [-0.2, 0) is 0 Å². The lowest BCUT2D eigenvalue weighted by Gasteiger charge is -2.11. The topological polar surface area (TPSA) is 67.2 Å². The third kappa shape index (κ3) is 3.25. The van der Waals surface area contributed by atoms with E-state index in [4.69, 9.17) is 5.73 Å². The molecule has 0 radical (unpaired) electrons. The molecule has 0 aliphatic carbocycles. The predicted octanol–water partition coefficient (Wildman–Crippen LogP) is 2.76. The molecular formula is C15H17N3O. The van der Waals surface area contributed by atoms with E-state index >= 15 is 0 Å². The zero-order chi connectivity index (χ0) is 13.7. The van der Waals surface area contributed by atoms with Crippen LogP contribution in [0.4, 0.5) is 17.1 Å². The van der Waals surface area contributed by atoms with Crippen LogP contribution >= 0.6 is 0 Å². The van der Waals surface area contributed by atoms with E-state index in [9.17, 15) is 4.79 Å². The maximum absolute atomic E-state index is 11.8. The smallest absolute Gasteiger partial charge is 0.251 e. The Bertz CT molecular complexity index is 567. The van der Waals surface area contributed by atoms with Crippen molar-refractivity contribution < 1.29 is 4.79 Å². The summed E-state index contributed by atoms with van der Waals surface area (Å²) in [6.07, 6.45) is 0. The number of nitrogens with one attached hydrogen (secondary N) is 2. The maximum atomic E-state index is 11.8. The summed E-state index contributed by atoms with van der Waals surface area (Å²) in [7, 11) is 0. The van der Waals surface area contributed by atoms with Crippen LogP contribution in [0.5, 0.6) is 0 Å². The average Bonchev–Trinajstić information content (AvgIpc) is 2.42. The molecule has 0 atom stereocenters. The van der Waals surface area contributed by atoms with Crippen molar-refractivity contribution in [2.24, 2.45) is 0 Å². The minimum absolute atomic E-state index is 0.0985. The fourth-order valence-electron chi connectivity index (χ4n) is 1.75. The lowest BCUT2D eigenvalue weighted by molar-refractivity contribution is 0.0956. The SMILES string of the molecule is CCNC(=O)c1ccc(N)c(Nc2ccccc2)c1. The van der Waals surface area contributed by atoms with Crippen molar-refractivity contribution in [1.82, 2.24) is 5.32 Å². The zero-order valence-corrected chi connectivity index (χ0v) is 10.8. The van der Waals surface area contributed by atoms with Gasteiger partial charge in [0, 0.05) is 17.8 Å². The van der Waals surface area contributed by atoms with Crippen molar-refractivity contribution >= 4 is 23.0 Å². The minimum atomic E-state index is -0.0985. The number of anilines is 3. The molecule has 0 aliphatic heterocycles. The molecule has 2 aromatic carbocycles. The largest absolute Gasteiger partial charge is 0.397 e. The summed E-state index contributed by atoms with van der Waals surface area (Å²) in [6, 6.07) is 14.9. The number of hydrogen-bond donors (Lipinski definition) is 3. The predicted molar refractivity (Wildman–Crippen MR) is 78.6 cm³/mol. The molecule has 98 valence electrons. The van der Waals surface area contributed by atoms with Crippen molar-refractivity contribution in [3.63, 3.8) is 0 Å². The van der Waals surface area contributed by atoms with E-state index in [-0.39, 0.29) is 5.91 Å². The number of rotatable bonds is 4. The van der Waals surface area contributed by atoms with Gasteiger partial charge in [0.1, 0.15) is 0 Å². The molecule has 0 saturated heterocycles. The Hall–Kier alpha value is -2.49. The number of para-hydroxylation sites is 1. The van der Waals surface area contributed by atoms with Crippen LogP contribution in [0.15, 0.2) is 48.5 Å². The van der Waals surface area contributed by atoms with Crippen molar-refractivity contribution in [2.75, 3.05) is 17.6 Å². The molecule has 2 aromatic rings. The molecule has 0 aromatic heterocycles. The van der Waals surface area contributed by atoms with Gasteiger partial charge in [-0.3, -0.25) is 4.79 Å². The third-order valence-electron chi connectivity index (χ3n) is 2.71. The molecule has 4 N–H and O–H groups in total. The summed E-state index contributed by atoms with van der Waals surface area (Å²) < 4.78 is 0. The average molecular weight is 255 g/mol. The van der Waals surface area contributed by atoms with Crippen LogP contribution < -0.4 is 16.4 Å². The van der Waals surface area contributed by atoms with Gasteiger partial charge in [0.2, 0.25) is 0 Å². The normalized spacial score (nSPS) is 9.95. The lowest BCUT2D eigenvalue weighted by atomic mass is 10.1. The first-order chi connectivity index (χ1) is 9.20. The summed E-state index contributed by atoms with van der Waals surface area (Å²) in [5.74, 6) is -0.0985. The molecule has 1 amide bonds. The highest BCUT2D eigenvalue weighted by molar-refractivity contribution is 5.96. The minimum Gasteiger partial charge on any atom is -0.397 e. The van der Waals surface area contributed by atoms with Gasteiger partial charge in [-0.2, -0.15) is 0 Å². The van der Waals surface area contributed by atoms with Crippen LogP contribution in [-0.4, -0.2) is 12.5 Å². The molecule has 0 bridgehead atoms. The Kier molecular flexibility index (Phi) is 4.03. The highest BCUT2D eigenvalue weighted by Gasteiger charge is 2.07. The summed E-state index contributed by atoms with van der Waals surface area (Å²) >= 11 is 0. The van der Waals surface area contributed by atoms with Crippen molar-refractivity contribution in [3.8, 4) is 0 Å². The Labute approximate surface area is 112 Å². The van der Waals surface area contributed by atoms with E-state index in [1.54, 1.807) is 18.2 Å². The van der Waals surface area contributed by atoms with E-state index in [2.05, 4.69) is 10.6 Å². The maximum Gasteiger partial charge on any atom is 0.251 e. The second-order valence-corrected chi connectivity index (χ2v) is 4.15. The van der Waals surface area contributed by atoms with Crippen LogP contribution in [0.3, 0.4) is 0 Å². The number of nitrogens with two attached hydrogens (primary N) is 1. The molecule has 0 unspecified atom stereocenters. The molecular weight excluding hydrogens is 238 g/mol. The van der Waals surface area contributed by atoms with Gasteiger partial charge in [-0.1, -0.05) is 18.2 Å². The van der Waals surface area contributed by atoms with Crippen molar-refractivity contribution in [1.29, 1.82) is 0 Å². The second kappa shape index (κ2) is 5.91. The monoisotopic (exact) mass is 255 g/mol. The van der Waals surface area contributed by atoms with Gasteiger partial charge in [0.05, 0.1) is 11.4 Å².